The van der Waals surface area contributed by atoms with E-state index in [-0.39, 0.29) is 16.9 Å². The minimum Gasteiger partial charge on any atom is -0.480 e. The summed E-state index contributed by atoms with van der Waals surface area (Å²) in [5.74, 6) is 4.47. The van der Waals surface area contributed by atoms with Gasteiger partial charge in [0.2, 0.25) is 0 Å². The van der Waals surface area contributed by atoms with Gasteiger partial charge in [-0.2, -0.15) is 0 Å². The summed E-state index contributed by atoms with van der Waals surface area (Å²) in [6.45, 7) is 5.90. The Morgan fingerprint density at radius 3 is 2.52 bits per heavy atom. The number of anilines is 1. The SMILES string of the molecule is COCC(Nc1cc(C#CC(C)(C)C)sc1C(=O)OC)C(=O)O. The number of nitrogens with one attached hydrogen (secondary N) is 1. The molecular weight excluding hydrogens is 318 g/mol. The molecule has 126 valence electrons. The van der Waals surface area contributed by atoms with Gasteiger partial charge >= 0.3 is 11.9 Å². The molecule has 23 heavy (non-hydrogen) atoms. The van der Waals surface area contributed by atoms with E-state index in [1.54, 1.807) is 6.07 Å². The lowest BCUT2D eigenvalue weighted by molar-refractivity contribution is -0.139. The summed E-state index contributed by atoms with van der Waals surface area (Å²) in [5.41, 5.74) is 0.201. The lowest BCUT2D eigenvalue weighted by Gasteiger charge is -2.14. The topological polar surface area (TPSA) is 84.9 Å². The van der Waals surface area contributed by atoms with Crippen LogP contribution in [0, 0.1) is 17.3 Å². The number of ether oxygens (including phenoxy) is 2. The molecule has 0 aliphatic rings. The first-order valence-electron chi connectivity index (χ1n) is 6.91. The largest absolute Gasteiger partial charge is 0.480 e. The molecule has 0 aromatic carbocycles. The Balaban J connectivity index is 3.17. The summed E-state index contributed by atoms with van der Waals surface area (Å²) in [6.07, 6.45) is 0. The minimum absolute atomic E-state index is 0.0329. The van der Waals surface area contributed by atoms with Crippen molar-refractivity contribution in [3.05, 3.63) is 15.8 Å². The first-order chi connectivity index (χ1) is 10.7. The number of esters is 1. The van der Waals surface area contributed by atoms with Crippen LogP contribution in [0.5, 0.6) is 0 Å². The van der Waals surface area contributed by atoms with Crippen LogP contribution >= 0.6 is 11.3 Å². The Hall–Kier alpha value is -2.04. The molecule has 0 radical (unpaired) electrons. The van der Waals surface area contributed by atoms with Gasteiger partial charge < -0.3 is 19.9 Å². The zero-order valence-electron chi connectivity index (χ0n) is 13.9. The van der Waals surface area contributed by atoms with E-state index in [1.807, 2.05) is 20.8 Å². The molecule has 1 heterocycles. The molecule has 2 N–H and O–H groups in total. The maximum atomic E-state index is 11.9. The molecule has 7 heteroatoms. The first kappa shape index (κ1) is 19.0. The third kappa shape index (κ3) is 5.93. The normalized spacial score (nSPS) is 12.0. The van der Waals surface area contributed by atoms with Crippen LogP contribution in [0.2, 0.25) is 0 Å². The fourth-order valence-electron chi connectivity index (χ4n) is 1.58. The fourth-order valence-corrected chi connectivity index (χ4v) is 2.48. The van der Waals surface area contributed by atoms with Crippen LogP contribution in [0.3, 0.4) is 0 Å². The van der Waals surface area contributed by atoms with Gasteiger partial charge in [-0.25, -0.2) is 9.59 Å². The van der Waals surface area contributed by atoms with Gasteiger partial charge in [-0.05, 0) is 26.8 Å². The van der Waals surface area contributed by atoms with E-state index in [0.29, 0.717) is 10.6 Å². The summed E-state index contributed by atoms with van der Waals surface area (Å²) < 4.78 is 9.62. The fraction of sp³-hybridized carbons (Fsp3) is 0.500. The lowest BCUT2D eigenvalue weighted by Crippen LogP contribution is -2.33. The summed E-state index contributed by atoms with van der Waals surface area (Å²) in [4.78, 5) is 24.0. The van der Waals surface area contributed by atoms with E-state index in [2.05, 4.69) is 17.2 Å². The molecule has 0 spiro atoms. The molecule has 0 aliphatic heterocycles. The molecule has 0 fully saturated rings. The summed E-state index contributed by atoms with van der Waals surface area (Å²) in [7, 11) is 2.68. The Bertz CT molecular complexity index is 633. The number of thiophene rings is 1. The molecule has 1 atom stereocenters. The molecule has 0 saturated carbocycles. The van der Waals surface area contributed by atoms with E-state index >= 15 is 0 Å². The van der Waals surface area contributed by atoms with E-state index in [1.165, 1.54) is 14.2 Å². The first-order valence-corrected chi connectivity index (χ1v) is 7.73. The van der Waals surface area contributed by atoms with Crippen LogP contribution in [0.4, 0.5) is 5.69 Å². The Kier molecular flexibility index (Phi) is 6.61. The molecule has 1 unspecified atom stereocenters. The van der Waals surface area contributed by atoms with Crippen molar-refractivity contribution in [2.45, 2.75) is 26.8 Å². The maximum Gasteiger partial charge on any atom is 0.350 e. The van der Waals surface area contributed by atoms with Crippen LogP contribution in [0.1, 0.15) is 35.3 Å². The average Bonchev–Trinajstić information content (AvgIpc) is 2.86. The van der Waals surface area contributed by atoms with Crippen molar-refractivity contribution in [1.82, 2.24) is 0 Å². The second-order valence-electron chi connectivity index (χ2n) is 5.84. The number of carbonyl (C=O) groups is 2. The van der Waals surface area contributed by atoms with Crippen LogP contribution in [-0.4, -0.2) is 43.9 Å². The number of carbonyl (C=O) groups excluding carboxylic acids is 1. The van der Waals surface area contributed by atoms with Crippen molar-refractivity contribution in [1.29, 1.82) is 0 Å². The van der Waals surface area contributed by atoms with Crippen molar-refractivity contribution in [3.63, 3.8) is 0 Å². The highest BCUT2D eigenvalue weighted by molar-refractivity contribution is 7.15. The highest BCUT2D eigenvalue weighted by atomic mass is 32.1. The molecule has 1 aromatic rings. The number of carboxylic acids is 1. The summed E-state index contributed by atoms with van der Waals surface area (Å²) in [6, 6.07) is 0.683. The Morgan fingerprint density at radius 2 is 2.04 bits per heavy atom. The molecule has 1 aromatic heterocycles. The van der Waals surface area contributed by atoms with Gasteiger partial charge in [0.05, 0.1) is 24.3 Å². The van der Waals surface area contributed by atoms with Gasteiger partial charge in [-0.3, -0.25) is 0 Å². The summed E-state index contributed by atoms with van der Waals surface area (Å²) >= 11 is 1.16. The van der Waals surface area contributed by atoms with Crippen LogP contribution < -0.4 is 5.32 Å². The predicted molar refractivity (Wildman–Crippen MR) is 88.9 cm³/mol. The molecule has 0 aliphatic carbocycles. The maximum absolute atomic E-state index is 11.9. The number of hydrogen-bond acceptors (Lipinski definition) is 6. The molecule has 0 amide bonds. The van der Waals surface area contributed by atoms with Crippen molar-refractivity contribution in [2.24, 2.45) is 5.41 Å². The number of carboxylic acid groups (broad SMARTS) is 1. The molecule has 0 saturated heterocycles. The molecule has 6 nitrogen and oxygen atoms in total. The molecule has 0 bridgehead atoms. The van der Waals surface area contributed by atoms with Crippen molar-refractivity contribution < 1.29 is 24.2 Å². The van der Waals surface area contributed by atoms with Gasteiger partial charge in [0.25, 0.3) is 0 Å². The molecule has 1 rings (SSSR count). The van der Waals surface area contributed by atoms with Crippen molar-refractivity contribution in [3.8, 4) is 11.8 Å². The van der Waals surface area contributed by atoms with E-state index in [0.717, 1.165) is 11.3 Å². The van der Waals surface area contributed by atoms with E-state index in [9.17, 15) is 14.7 Å². The Morgan fingerprint density at radius 1 is 1.39 bits per heavy atom. The van der Waals surface area contributed by atoms with Gasteiger partial charge in [0.15, 0.2) is 0 Å². The van der Waals surface area contributed by atoms with E-state index in [4.69, 9.17) is 9.47 Å². The van der Waals surface area contributed by atoms with Gasteiger partial charge in [-0.15, -0.1) is 11.3 Å². The zero-order valence-corrected chi connectivity index (χ0v) is 14.7. The Labute approximate surface area is 139 Å². The van der Waals surface area contributed by atoms with Gasteiger partial charge in [0, 0.05) is 12.5 Å². The third-order valence-corrected chi connectivity index (χ3v) is 3.66. The third-order valence-electron chi connectivity index (χ3n) is 2.62. The van der Waals surface area contributed by atoms with Gasteiger partial charge in [0.1, 0.15) is 10.9 Å². The smallest absolute Gasteiger partial charge is 0.350 e. The quantitative estimate of drug-likeness (QED) is 0.612. The number of aliphatic carboxylic acids is 1. The number of hydrogen-bond donors (Lipinski definition) is 2. The number of rotatable bonds is 6. The highest BCUT2D eigenvalue weighted by Crippen LogP contribution is 2.28. The predicted octanol–water partition coefficient (Wildman–Crippen LogP) is 2.44. The highest BCUT2D eigenvalue weighted by Gasteiger charge is 2.23. The average molecular weight is 339 g/mol. The standard InChI is InChI=1S/C16H21NO5S/c1-16(2,3)7-6-10-8-11(13(23-10)15(20)22-5)17-12(9-21-4)14(18)19/h8,12,17H,9H2,1-5H3,(H,18,19). The van der Waals surface area contributed by atoms with Crippen LogP contribution in [0.25, 0.3) is 0 Å². The van der Waals surface area contributed by atoms with Crippen LogP contribution in [-0.2, 0) is 14.3 Å². The lowest BCUT2D eigenvalue weighted by atomic mass is 9.98. The van der Waals surface area contributed by atoms with E-state index < -0.39 is 18.0 Å². The minimum atomic E-state index is -1.07. The number of methoxy groups -OCH3 is 2. The van der Waals surface area contributed by atoms with Crippen LogP contribution in [0.15, 0.2) is 6.07 Å². The second kappa shape index (κ2) is 7.99. The van der Waals surface area contributed by atoms with Crippen molar-refractivity contribution in [2.75, 3.05) is 26.1 Å². The van der Waals surface area contributed by atoms with Crippen molar-refractivity contribution >= 4 is 29.0 Å². The zero-order chi connectivity index (χ0) is 17.6. The molecular formula is C16H21NO5S. The summed E-state index contributed by atoms with van der Waals surface area (Å²) in [5, 5.41) is 12.0. The van der Waals surface area contributed by atoms with Gasteiger partial charge in [-0.1, -0.05) is 11.8 Å². The second-order valence-corrected chi connectivity index (χ2v) is 6.89. The monoisotopic (exact) mass is 339 g/mol.